The number of aromatic nitrogens is 6. The molecule has 0 radical (unpaired) electrons. The van der Waals surface area contributed by atoms with Gasteiger partial charge in [0.15, 0.2) is 22.6 Å². The van der Waals surface area contributed by atoms with Crippen LogP contribution in [-0.4, -0.2) is 88.9 Å². The molecule has 5 aromatic rings. The van der Waals surface area contributed by atoms with Crippen LogP contribution in [0.25, 0.3) is 28.4 Å². The first-order chi connectivity index (χ1) is 20.0. The molecular formula is C27H30FN9O3S. The summed E-state index contributed by atoms with van der Waals surface area (Å²) >= 11 is -0.747. The Labute approximate surface area is 238 Å². The van der Waals surface area contributed by atoms with Crippen LogP contribution in [0.15, 0.2) is 47.3 Å². The molecule has 0 amide bonds. The number of hydrogen-bond acceptors (Lipinski definition) is 10. The molecule has 0 atom stereocenters. The Kier molecular flexibility index (Phi) is 6.88. The molecule has 6 heterocycles. The topological polar surface area (TPSA) is 139 Å². The van der Waals surface area contributed by atoms with E-state index in [4.69, 9.17) is 14.9 Å². The zero-order valence-corrected chi connectivity index (χ0v) is 23.2. The van der Waals surface area contributed by atoms with Crippen LogP contribution < -0.4 is 15.4 Å². The minimum absolute atomic E-state index is 0.00218. The third-order valence-corrected chi connectivity index (χ3v) is 9.12. The maximum Gasteiger partial charge on any atom is 0.225 e. The molecule has 41 heavy (non-hydrogen) atoms. The van der Waals surface area contributed by atoms with Crippen molar-refractivity contribution in [1.29, 1.82) is 0 Å². The van der Waals surface area contributed by atoms with Crippen molar-refractivity contribution >= 4 is 39.6 Å². The number of anilines is 2. The van der Waals surface area contributed by atoms with E-state index in [2.05, 4.69) is 29.9 Å². The average molecular weight is 580 g/mol. The average Bonchev–Trinajstić information content (AvgIpc) is 3.74. The molecule has 2 aliphatic heterocycles. The summed E-state index contributed by atoms with van der Waals surface area (Å²) in [5, 5.41) is 4.42. The number of halogens is 1. The van der Waals surface area contributed by atoms with Gasteiger partial charge < -0.3 is 28.9 Å². The molecule has 0 unspecified atom stereocenters. The largest absolute Gasteiger partial charge is 0.616 e. The number of furan rings is 1. The Morgan fingerprint density at radius 2 is 1.90 bits per heavy atom. The van der Waals surface area contributed by atoms with Gasteiger partial charge in [0.1, 0.15) is 29.2 Å². The van der Waals surface area contributed by atoms with Crippen LogP contribution >= 0.6 is 0 Å². The Hall–Kier alpha value is -3.88. The van der Waals surface area contributed by atoms with Crippen LogP contribution in [0.4, 0.5) is 16.0 Å². The molecule has 2 aliphatic rings. The van der Waals surface area contributed by atoms with Crippen molar-refractivity contribution < 1.29 is 18.1 Å². The third kappa shape index (κ3) is 5.18. The van der Waals surface area contributed by atoms with Crippen molar-refractivity contribution in [3.8, 4) is 17.3 Å². The van der Waals surface area contributed by atoms with Gasteiger partial charge in [-0.15, -0.1) is 5.10 Å². The SMILES string of the molecule is Nc1nc2c(ncn2CCN2CCN(c3ccc(O[C@H]4CC[S@+]([O-])CC4)cc3F)CC2)c2nc(-c3ccco3)nn12. The summed E-state index contributed by atoms with van der Waals surface area (Å²) in [4.78, 5) is 18.1. The monoisotopic (exact) mass is 579 g/mol. The third-order valence-electron chi connectivity index (χ3n) is 7.74. The molecule has 0 saturated carbocycles. The Balaban J connectivity index is 0.972. The summed E-state index contributed by atoms with van der Waals surface area (Å²) in [6.07, 6.45) is 4.81. The van der Waals surface area contributed by atoms with Gasteiger partial charge in [-0.2, -0.15) is 9.50 Å². The smallest absolute Gasteiger partial charge is 0.225 e. The summed E-state index contributed by atoms with van der Waals surface area (Å²) in [7, 11) is 0. The number of nitrogen functional groups attached to an aromatic ring is 1. The summed E-state index contributed by atoms with van der Waals surface area (Å²) in [5.41, 5.74) is 8.60. The molecule has 214 valence electrons. The highest BCUT2D eigenvalue weighted by atomic mass is 32.2. The highest BCUT2D eigenvalue weighted by molar-refractivity contribution is 7.91. The fraction of sp³-hybridized carbons (Fsp3) is 0.407. The summed E-state index contributed by atoms with van der Waals surface area (Å²) < 4.78 is 41.4. The zero-order valence-electron chi connectivity index (χ0n) is 22.4. The van der Waals surface area contributed by atoms with Crippen molar-refractivity contribution in [1.82, 2.24) is 34.0 Å². The first-order valence-electron chi connectivity index (χ1n) is 13.7. The number of nitrogens with zero attached hydrogens (tertiary/aromatic N) is 8. The fourth-order valence-electron chi connectivity index (χ4n) is 5.47. The zero-order chi connectivity index (χ0) is 27.9. The van der Waals surface area contributed by atoms with Gasteiger partial charge in [0, 0.05) is 58.2 Å². The maximum absolute atomic E-state index is 15.0. The van der Waals surface area contributed by atoms with Gasteiger partial charge in [0.2, 0.25) is 11.8 Å². The van der Waals surface area contributed by atoms with E-state index < -0.39 is 11.2 Å². The van der Waals surface area contributed by atoms with E-state index in [1.165, 1.54) is 10.6 Å². The van der Waals surface area contributed by atoms with E-state index in [0.717, 1.165) is 45.6 Å². The van der Waals surface area contributed by atoms with E-state index in [-0.39, 0.29) is 17.9 Å². The Morgan fingerprint density at radius 1 is 1.07 bits per heavy atom. The minimum Gasteiger partial charge on any atom is -0.616 e. The number of piperazine rings is 1. The number of hydrogen-bond donors (Lipinski definition) is 1. The van der Waals surface area contributed by atoms with Gasteiger partial charge in [-0.25, -0.2) is 14.4 Å². The predicted octanol–water partition coefficient (Wildman–Crippen LogP) is 2.57. The molecule has 2 fully saturated rings. The predicted molar refractivity (Wildman–Crippen MR) is 153 cm³/mol. The van der Waals surface area contributed by atoms with Crippen LogP contribution in [0.3, 0.4) is 0 Å². The Morgan fingerprint density at radius 3 is 2.66 bits per heavy atom. The second-order valence-corrected chi connectivity index (χ2v) is 12.0. The van der Waals surface area contributed by atoms with Crippen molar-refractivity contribution in [3.05, 3.63) is 48.7 Å². The lowest BCUT2D eigenvalue weighted by Gasteiger charge is -2.36. The van der Waals surface area contributed by atoms with Crippen molar-refractivity contribution in [2.75, 3.05) is 54.9 Å². The molecule has 14 heteroatoms. The molecule has 12 nitrogen and oxygen atoms in total. The summed E-state index contributed by atoms with van der Waals surface area (Å²) in [5.74, 6) is 2.74. The number of fused-ring (bicyclic) bond motifs is 3. The normalized spacial score (nSPS) is 20.3. The lowest BCUT2D eigenvalue weighted by atomic mass is 10.2. The first kappa shape index (κ1) is 26.0. The highest BCUT2D eigenvalue weighted by Crippen LogP contribution is 2.28. The van der Waals surface area contributed by atoms with Crippen molar-refractivity contribution in [3.63, 3.8) is 0 Å². The standard InChI is InChI=1S/C27H30FN9O3S/c28-20-16-19(40-18-5-14-41(38)15-6-18)3-4-21(20)35-10-7-34(8-11-35)9-12-36-17-30-23-25(36)32-27(29)37-26(23)31-24(33-37)22-2-1-13-39-22/h1-4,13,16-18H,5-12,14-15H2,(H2,29,32)/t18-,41-. The van der Waals surface area contributed by atoms with E-state index in [0.29, 0.717) is 57.9 Å². The lowest BCUT2D eigenvalue weighted by molar-refractivity contribution is 0.189. The maximum atomic E-state index is 15.0. The van der Waals surface area contributed by atoms with E-state index in [1.54, 1.807) is 30.8 Å². The first-order valence-corrected chi connectivity index (χ1v) is 15.2. The van der Waals surface area contributed by atoms with Crippen molar-refractivity contribution in [2.24, 2.45) is 0 Å². The minimum atomic E-state index is -0.747. The van der Waals surface area contributed by atoms with E-state index in [9.17, 15) is 4.55 Å². The van der Waals surface area contributed by atoms with Gasteiger partial charge >= 0.3 is 0 Å². The van der Waals surface area contributed by atoms with Crippen molar-refractivity contribution in [2.45, 2.75) is 25.5 Å². The summed E-state index contributed by atoms with van der Waals surface area (Å²) in [6.45, 7) is 4.51. The second kappa shape index (κ2) is 10.8. The van der Waals surface area contributed by atoms with Gasteiger partial charge in [-0.3, -0.25) is 4.90 Å². The summed E-state index contributed by atoms with van der Waals surface area (Å²) in [6, 6.07) is 8.68. The van der Waals surface area contributed by atoms with Gasteiger partial charge in [0.25, 0.3) is 0 Å². The molecule has 0 bridgehead atoms. The number of benzene rings is 1. The van der Waals surface area contributed by atoms with Crippen LogP contribution in [0.2, 0.25) is 0 Å². The molecule has 4 aromatic heterocycles. The molecular weight excluding hydrogens is 549 g/mol. The highest BCUT2D eigenvalue weighted by Gasteiger charge is 2.25. The molecule has 2 saturated heterocycles. The quantitative estimate of drug-likeness (QED) is 0.286. The van der Waals surface area contributed by atoms with E-state index >= 15 is 4.39 Å². The Bertz CT molecular complexity index is 1660. The number of nitrogens with two attached hydrogens (primary N) is 1. The molecule has 1 aromatic carbocycles. The van der Waals surface area contributed by atoms with E-state index in [1.807, 2.05) is 10.6 Å². The van der Waals surface area contributed by atoms with Gasteiger partial charge in [-0.1, -0.05) is 11.2 Å². The van der Waals surface area contributed by atoms with Crippen LogP contribution in [0.5, 0.6) is 5.75 Å². The molecule has 7 rings (SSSR count). The lowest BCUT2D eigenvalue weighted by Crippen LogP contribution is -2.47. The van der Waals surface area contributed by atoms with Crippen LogP contribution in [-0.2, 0) is 17.7 Å². The van der Waals surface area contributed by atoms with Crippen LogP contribution in [0, 0.1) is 5.82 Å². The number of ether oxygens (including phenoxy) is 1. The molecule has 0 aliphatic carbocycles. The molecule has 2 N–H and O–H groups in total. The second-order valence-electron chi connectivity index (χ2n) is 10.3. The van der Waals surface area contributed by atoms with Crippen LogP contribution in [0.1, 0.15) is 12.8 Å². The number of rotatable bonds is 7. The van der Waals surface area contributed by atoms with Gasteiger partial charge in [-0.05, 0) is 24.3 Å². The molecule has 0 spiro atoms. The number of imidazole rings is 1. The van der Waals surface area contributed by atoms with Gasteiger partial charge in [0.05, 0.1) is 18.3 Å². The fourth-order valence-corrected chi connectivity index (χ4v) is 6.72.